The van der Waals surface area contributed by atoms with E-state index in [-0.39, 0.29) is 22.5 Å². The highest BCUT2D eigenvalue weighted by molar-refractivity contribution is 7.99. The Morgan fingerprint density at radius 3 is 2.52 bits per heavy atom. The van der Waals surface area contributed by atoms with Crippen LogP contribution in [-0.2, 0) is 7.05 Å². The highest BCUT2D eigenvalue weighted by Gasteiger charge is 2.20. The number of nitrogens with zero attached hydrogens (tertiary/aromatic N) is 3. The minimum Gasteiger partial charge on any atom is -0.497 e. The van der Waals surface area contributed by atoms with Gasteiger partial charge in [0.2, 0.25) is 0 Å². The van der Waals surface area contributed by atoms with Gasteiger partial charge < -0.3 is 14.6 Å². The summed E-state index contributed by atoms with van der Waals surface area (Å²) in [6.07, 6.45) is 0. The second kappa shape index (κ2) is 10.2. The van der Waals surface area contributed by atoms with Crippen molar-refractivity contribution < 1.29 is 14.3 Å². The van der Waals surface area contributed by atoms with Crippen molar-refractivity contribution in [2.45, 2.75) is 18.1 Å². The van der Waals surface area contributed by atoms with Crippen molar-refractivity contribution in [3.8, 4) is 5.75 Å². The molecular formula is C21H20Cl2N4O3S. The molecule has 0 aliphatic heterocycles. The standard InChI is InChI=1S/C21H20Cl2N4O3S/c1-12(24-20(29)16-9-6-14(22)10-17(16)23)19-25-26-21(27(19)2)31-11-18(28)13-4-7-15(30-3)8-5-13/h4-10,12H,11H2,1-3H3,(H,24,29). The van der Waals surface area contributed by atoms with Gasteiger partial charge in [0.1, 0.15) is 5.75 Å². The molecule has 1 unspecified atom stereocenters. The summed E-state index contributed by atoms with van der Waals surface area (Å²) in [5.41, 5.74) is 0.913. The number of ether oxygens (including phenoxy) is 1. The first-order valence-electron chi connectivity index (χ1n) is 9.25. The third kappa shape index (κ3) is 5.58. The number of aromatic nitrogens is 3. The maximum absolute atomic E-state index is 12.5. The monoisotopic (exact) mass is 478 g/mol. The first kappa shape index (κ1) is 23.1. The molecule has 1 N–H and O–H groups in total. The Kier molecular flexibility index (Phi) is 7.59. The highest BCUT2D eigenvalue weighted by atomic mass is 35.5. The van der Waals surface area contributed by atoms with E-state index >= 15 is 0 Å². The number of amides is 1. The molecule has 10 heteroatoms. The molecule has 0 fully saturated rings. The van der Waals surface area contributed by atoms with Crippen LogP contribution in [0.15, 0.2) is 47.6 Å². The molecule has 7 nitrogen and oxygen atoms in total. The SMILES string of the molecule is COc1ccc(C(=O)CSc2nnc(C(C)NC(=O)c3ccc(Cl)cc3Cl)n2C)cc1. The van der Waals surface area contributed by atoms with E-state index < -0.39 is 6.04 Å². The Morgan fingerprint density at radius 2 is 1.87 bits per heavy atom. The minimum absolute atomic E-state index is 0.0315. The normalized spacial score (nSPS) is 11.8. The lowest BCUT2D eigenvalue weighted by Crippen LogP contribution is -2.28. The molecule has 0 aliphatic rings. The lowest BCUT2D eigenvalue weighted by atomic mass is 10.1. The van der Waals surface area contributed by atoms with Crippen molar-refractivity contribution in [3.63, 3.8) is 0 Å². The van der Waals surface area contributed by atoms with Crippen LogP contribution < -0.4 is 10.1 Å². The summed E-state index contributed by atoms with van der Waals surface area (Å²) in [5.74, 6) is 1.08. The second-order valence-electron chi connectivity index (χ2n) is 6.66. The molecule has 0 saturated heterocycles. The Labute approximate surface area is 194 Å². The average Bonchev–Trinajstić information content (AvgIpc) is 3.12. The zero-order chi connectivity index (χ0) is 22.5. The number of hydrogen-bond donors (Lipinski definition) is 1. The van der Waals surface area contributed by atoms with Gasteiger partial charge in [-0.25, -0.2) is 0 Å². The number of nitrogens with one attached hydrogen (secondary N) is 1. The van der Waals surface area contributed by atoms with E-state index in [1.165, 1.54) is 17.8 Å². The number of thioether (sulfide) groups is 1. The van der Waals surface area contributed by atoms with E-state index in [4.69, 9.17) is 27.9 Å². The van der Waals surface area contributed by atoms with E-state index in [0.717, 1.165) is 0 Å². The molecule has 3 aromatic rings. The summed E-state index contributed by atoms with van der Waals surface area (Å²) in [5, 5.41) is 12.5. The molecule has 3 rings (SSSR count). The van der Waals surface area contributed by atoms with Crippen molar-refractivity contribution in [1.82, 2.24) is 20.1 Å². The van der Waals surface area contributed by atoms with Gasteiger partial charge in [0.25, 0.3) is 5.91 Å². The fourth-order valence-corrected chi connectivity index (χ4v) is 4.14. The Bertz CT molecular complexity index is 1100. The quantitative estimate of drug-likeness (QED) is 0.376. The lowest BCUT2D eigenvalue weighted by molar-refractivity contribution is 0.0937. The topological polar surface area (TPSA) is 86.1 Å². The maximum Gasteiger partial charge on any atom is 0.253 e. The van der Waals surface area contributed by atoms with Gasteiger partial charge in [-0.1, -0.05) is 35.0 Å². The van der Waals surface area contributed by atoms with Crippen molar-refractivity contribution in [3.05, 3.63) is 69.5 Å². The average molecular weight is 479 g/mol. The zero-order valence-corrected chi connectivity index (χ0v) is 19.4. The van der Waals surface area contributed by atoms with Gasteiger partial charge in [-0.15, -0.1) is 10.2 Å². The highest BCUT2D eigenvalue weighted by Crippen LogP contribution is 2.23. The first-order valence-corrected chi connectivity index (χ1v) is 11.0. The van der Waals surface area contributed by atoms with Crippen LogP contribution in [-0.4, -0.2) is 39.3 Å². The summed E-state index contributed by atoms with van der Waals surface area (Å²) in [4.78, 5) is 25.0. The molecule has 1 heterocycles. The molecule has 0 saturated carbocycles. The maximum atomic E-state index is 12.5. The Hall–Kier alpha value is -2.55. The van der Waals surface area contributed by atoms with Crippen molar-refractivity contribution >= 4 is 46.7 Å². The van der Waals surface area contributed by atoms with Gasteiger partial charge in [-0.05, 0) is 49.4 Å². The van der Waals surface area contributed by atoms with Crippen LogP contribution in [0.2, 0.25) is 10.0 Å². The van der Waals surface area contributed by atoms with E-state index in [0.29, 0.717) is 32.9 Å². The first-order chi connectivity index (χ1) is 14.8. The number of rotatable bonds is 8. The van der Waals surface area contributed by atoms with Gasteiger partial charge in [-0.3, -0.25) is 9.59 Å². The minimum atomic E-state index is -0.427. The van der Waals surface area contributed by atoms with Gasteiger partial charge in [0.15, 0.2) is 16.8 Å². The van der Waals surface area contributed by atoms with Crippen LogP contribution in [0, 0.1) is 0 Å². The summed E-state index contributed by atoms with van der Waals surface area (Å²) < 4.78 is 6.86. The Morgan fingerprint density at radius 1 is 1.16 bits per heavy atom. The summed E-state index contributed by atoms with van der Waals surface area (Å²) in [6.45, 7) is 1.79. The molecule has 1 aromatic heterocycles. The largest absolute Gasteiger partial charge is 0.497 e. The molecule has 162 valence electrons. The summed E-state index contributed by atoms with van der Waals surface area (Å²) in [6, 6.07) is 11.2. The van der Waals surface area contributed by atoms with Crippen molar-refractivity contribution in [1.29, 1.82) is 0 Å². The van der Waals surface area contributed by atoms with Gasteiger partial charge >= 0.3 is 0 Å². The molecular weight excluding hydrogens is 459 g/mol. The number of hydrogen-bond acceptors (Lipinski definition) is 6. The molecule has 31 heavy (non-hydrogen) atoms. The van der Waals surface area contributed by atoms with Gasteiger partial charge in [0.05, 0.1) is 29.5 Å². The molecule has 0 spiro atoms. The predicted molar refractivity (Wildman–Crippen MR) is 121 cm³/mol. The zero-order valence-electron chi connectivity index (χ0n) is 17.1. The third-order valence-electron chi connectivity index (χ3n) is 4.52. The molecule has 1 amide bonds. The van der Waals surface area contributed by atoms with Crippen LogP contribution >= 0.6 is 35.0 Å². The van der Waals surface area contributed by atoms with Crippen LogP contribution in [0.25, 0.3) is 0 Å². The fourth-order valence-electron chi connectivity index (χ4n) is 2.83. The van der Waals surface area contributed by atoms with E-state index in [1.54, 1.807) is 62.0 Å². The predicted octanol–water partition coefficient (Wildman–Crippen LogP) is 4.60. The number of Topliss-reactive ketones (excluding diaryl/α,β-unsaturated/α-hetero) is 1. The fraction of sp³-hybridized carbons (Fsp3) is 0.238. The number of methoxy groups -OCH3 is 1. The van der Waals surface area contributed by atoms with Crippen LogP contribution in [0.3, 0.4) is 0 Å². The van der Waals surface area contributed by atoms with Crippen LogP contribution in [0.1, 0.15) is 39.5 Å². The number of carbonyl (C=O) groups excluding carboxylic acids is 2. The molecule has 1 atom stereocenters. The number of ketones is 1. The number of carbonyl (C=O) groups is 2. The summed E-state index contributed by atoms with van der Waals surface area (Å²) in [7, 11) is 3.36. The van der Waals surface area contributed by atoms with Crippen LogP contribution in [0.4, 0.5) is 0 Å². The van der Waals surface area contributed by atoms with Crippen molar-refractivity contribution in [2.75, 3.05) is 12.9 Å². The molecule has 2 aromatic carbocycles. The Balaban J connectivity index is 1.63. The van der Waals surface area contributed by atoms with E-state index in [9.17, 15) is 9.59 Å². The smallest absolute Gasteiger partial charge is 0.253 e. The van der Waals surface area contributed by atoms with E-state index in [1.807, 2.05) is 0 Å². The summed E-state index contributed by atoms with van der Waals surface area (Å²) >= 11 is 13.3. The molecule has 0 radical (unpaired) electrons. The van der Waals surface area contributed by atoms with E-state index in [2.05, 4.69) is 15.5 Å². The second-order valence-corrected chi connectivity index (χ2v) is 8.45. The van der Waals surface area contributed by atoms with Crippen molar-refractivity contribution in [2.24, 2.45) is 7.05 Å². The number of halogens is 2. The van der Waals surface area contributed by atoms with Crippen LogP contribution in [0.5, 0.6) is 5.75 Å². The molecule has 0 aliphatic carbocycles. The third-order valence-corrected chi connectivity index (χ3v) is 6.09. The lowest BCUT2D eigenvalue weighted by Gasteiger charge is -2.14. The number of benzene rings is 2. The van der Waals surface area contributed by atoms with Gasteiger partial charge in [-0.2, -0.15) is 0 Å². The van der Waals surface area contributed by atoms with Gasteiger partial charge in [0, 0.05) is 17.6 Å². The molecule has 0 bridgehead atoms.